The second-order valence-corrected chi connectivity index (χ2v) is 5.70. The van der Waals surface area contributed by atoms with E-state index in [0.29, 0.717) is 10.0 Å². The van der Waals surface area contributed by atoms with E-state index in [1.807, 2.05) is 0 Å². The Labute approximate surface area is 101 Å². The van der Waals surface area contributed by atoms with E-state index in [1.165, 1.54) is 6.07 Å². The van der Waals surface area contributed by atoms with Gasteiger partial charge in [0.25, 0.3) is 5.91 Å². The van der Waals surface area contributed by atoms with E-state index in [1.54, 1.807) is 12.1 Å². The van der Waals surface area contributed by atoms with E-state index in [-0.39, 0.29) is 11.4 Å². The molecule has 2 nitrogen and oxygen atoms in total. The van der Waals surface area contributed by atoms with Gasteiger partial charge in [0, 0.05) is 11.1 Å². The highest BCUT2D eigenvalue weighted by atomic mass is 79.9. The van der Waals surface area contributed by atoms with Crippen LogP contribution in [0, 0.1) is 11.7 Å². The van der Waals surface area contributed by atoms with Gasteiger partial charge in [-0.05, 0) is 59.3 Å². The Balaban J connectivity index is 1.75. The van der Waals surface area contributed by atoms with Gasteiger partial charge in [-0.25, -0.2) is 4.39 Å². The highest BCUT2D eigenvalue weighted by Gasteiger charge is 2.57. The number of carbonyl (C=O) groups is 1. The molecule has 0 aromatic heterocycles. The second kappa shape index (κ2) is 3.29. The summed E-state index contributed by atoms with van der Waals surface area (Å²) in [5.41, 5.74) is 0.441. The maximum Gasteiger partial charge on any atom is 0.251 e. The quantitative estimate of drug-likeness (QED) is 0.889. The van der Waals surface area contributed by atoms with Gasteiger partial charge in [0.05, 0.1) is 4.47 Å². The van der Waals surface area contributed by atoms with Gasteiger partial charge < -0.3 is 5.32 Å². The van der Waals surface area contributed by atoms with Crippen molar-refractivity contribution in [3.63, 3.8) is 0 Å². The molecule has 0 saturated heterocycles. The van der Waals surface area contributed by atoms with E-state index in [0.717, 1.165) is 25.2 Å². The third-order valence-corrected chi connectivity index (χ3v) is 4.24. The predicted molar refractivity (Wildman–Crippen MR) is 61.6 cm³/mol. The molecule has 4 rings (SSSR count). The molecule has 0 unspecified atom stereocenters. The lowest BCUT2D eigenvalue weighted by atomic mass is 9.50. The normalized spacial score (nSPS) is 30.2. The SMILES string of the molecule is O=C(NC12CC(C1)C2)c1ccc(Br)c(F)c1. The first-order valence-corrected chi connectivity index (χ1v) is 6.15. The van der Waals surface area contributed by atoms with Gasteiger partial charge in [-0.2, -0.15) is 0 Å². The summed E-state index contributed by atoms with van der Waals surface area (Å²) in [5.74, 6) is 0.261. The maximum atomic E-state index is 13.3. The Morgan fingerprint density at radius 3 is 2.62 bits per heavy atom. The lowest BCUT2D eigenvalue weighted by Crippen LogP contribution is -2.68. The van der Waals surface area contributed by atoms with E-state index >= 15 is 0 Å². The molecule has 1 N–H and O–H groups in total. The molecular weight excluding hydrogens is 273 g/mol. The van der Waals surface area contributed by atoms with E-state index in [4.69, 9.17) is 0 Å². The lowest BCUT2D eigenvalue weighted by Gasteiger charge is -2.61. The van der Waals surface area contributed by atoms with Crippen LogP contribution < -0.4 is 5.32 Å². The van der Waals surface area contributed by atoms with Crippen LogP contribution in [-0.2, 0) is 0 Å². The van der Waals surface area contributed by atoms with Crippen molar-refractivity contribution in [3.05, 3.63) is 34.1 Å². The number of hydrogen-bond acceptors (Lipinski definition) is 1. The zero-order valence-electron chi connectivity index (χ0n) is 8.59. The Morgan fingerprint density at radius 1 is 1.44 bits per heavy atom. The average Bonchev–Trinajstić information content (AvgIpc) is 2.13. The van der Waals surface area contributed by atoms with Crippen molar-refractivity contribution in [3.8, 4) is 0 Å². The first kappa shape index (κ1) is 10.3. The molecule has 3 fully saturated rings. The first-order chi connectivity index (χ1) is 7.58. The first-order valence-electron chi connectivity index (χ1n) is 5.36. The topological polar surface area (TPSA) is 29.1 Å². The van der Waals surface area contributed by atoms with Crippen LogP contribution in [0.5, 0.6) is 0 Å². The van der Waals surface area contributed by atoms with Gasteiger partial charge in [-0.3, -0.25) is 4.79 Å². The molecule has 3 aliphatic rings. The Kier molecular flexibility index (Phi) is 2.11. The molecule has 0 atom stereocenters. The lowest BCUT2D eigenvalue weighted by molar-refractivity contribution is -0.0438. The number of rotatable bonds is 2. The number of hydrogen-bond donors (Lipinski definition) is 1. The van der Waals surface area contributed by atoms with E-state index < -0.39 is 5.82 Å². The van der Waals surface area contributed by atoms with Gasteiger partial charge in [-0.1, -0.05) is 0 Å². The summed E-state index contributed by atoms with van der Waals surface area (Å²) in [6.45, 7) is 0. The van der Waals surface area contributed by atoms with Gasteiger partial charge in [-0.15, -0.1) is 0 Å². The fraction of sp³-hybridized carbons (Fsp3) is 0.417. The minimum atomic E-state index is -0.398. The fourth-order valence-corrected chi connectivity index (χ4v) is 2.83. The molecule has 0 radical (unpaired) electrons. The number of halogens is 2. The fourth-order valence-electron chi connectivity index (χ4n) is 2.58. The van der Waals surface area contributed by atoms with E-state index in [9.17, 15) is 9.18 Å². The number of benzene rings is 1. The van der Waals surface area contributed by atoms with Crippen LogP contribution in [0.4, 0.5) is 4.39 Å². The van der Waals surface area contributed by atoms with Crippen LogP contribution >= 0.6 is 15.9 Å². The molecule has 2 bridgehead atoms. The largest absolute Gasteiger partial charge is 0.347 e. The summed E-state index contributed by atoms with van der Waals surface area (Å²) in [4.78, 5) is 11.8. The second-order valence-electron chi connectivity index (χ2n) is 4.84. The number of amides is 1. The Bertz CT molecular complexity index is 457. The molecule has 3 saturated carbocycles. The van der Waals surface area contributed by atoms with Gasteiger partial charge in [0.2, 0.25) is 0 Å². The minimum absolute atomic E-state index is 0.0469. The van der Waals surface area contributed by atoms with Gasteiger partial charge in [0.1, 0.15) is 5.82 Å². The highest BCUT2D eigenvalue weighted by Crippen LogP contribution is 2.56. The van der Waals surface area contributed by atoms with Crippen LogP contribution in [0.2, 0.25) is 0 Å². The molecular formula is C12H11BrFNO. The maximum absolute atomic E-state index is 13.3. The summed E-state index contributed by atoms with van der Waals surface area (Å²) in [6, 6.07) is 4.46. The molecule has 4 heteroatoms. The van der Waals surface area contributed by atoms with Crippen molar-refractivity contribution in [1.29, 1.82) is 0 Å². The van der Waals surface area contributed by atoms with Crippen molar-refractivity contribution in [2.24, 2.45) is 5.92 Å². The predicted octanol–water partition coefficient (Wildman–Crippen LogP) is 2.87. The third-order valence-electron chi connectivity index (χ3n) is 3.60. The van der Waals surface area contributed by atoms with Crippen LogP contribution in [-0.4, -0.2) is 11.4 Å². The molecule has 0 aliphatic heterocycles. The smallest absolute Gasteiger partial charge is 0.251 e. The Morgan fingerprint density at radius 2 is 2.12 bits per heavy atom. The van der Waals surface area contributed by atoms with Crippen LogP contribution in [0.3, 0.4) is 0 Å². The zero-order valence-corrected chi connectivity index (χ0v) is 10.2. The highest BCUT2D eigenvalue weighted by molar-refractivity contribution is 9.10. The van der Waals surface area contributed by atoms with Gasteiger partial charge in [0.15, 0.2) is 0 Å². The van der Waals surface area contributed by atoms with Crippen molar-refractivity contribution in [1.82, 2.24) is 5.32 Å². The molecule has 3 aliphatic carbocycles. The molecule has 0 heterocycles. The summed E-state index contributed by atoms with van der Waals surface area (Å²) in [5, 5.41) is 3.00. The van der Waals surface area contributed by atoms with E-state index in [2.05, 4.69) is 21.2 Å². The monoisotopic (exact) mass is 283 g/mol. The number of nitrogens with one attached hydrogen (secondary N) is 1. The standard InChI is InChI=1S/C12H11BrFNO/c13-9-2-1-8(3-10(9)14)11(16)15-12-4-7(5-12)6-12/h1-3,7H,4-6H2,(H,15,16). The van der Waals surface area contributed by atoms with Crippen molar-refractivity contribution >= 4 is 21.8 Å². The molecule has 1 aromatic rings. The summed E-state index contributed by atoms with van der Waals surface area (Å²) in [6.07, 6.45) is 3.28. The van der Waals surface area contributed by atoms with Crippen molar-refractivity contribution in [2.75, 3.05) is 0 Å². The molecule has 1 amide bonds. The summed E-state index contributed by atoms with van der Waals surface area (Å²) < 4.78 is 13.6. The van der Waals surface area contributed by atoms with Crippen LogP contribution in [0.25, 0.3) is 0 Å². The minimum Gasteiger partial charge on any atom is -0.347 e. The van der Waals surface area contributed by atoms with Crippen molar-refractivity contribution in [2.45, 2.75) is 24.8 Å². The van der Waals surface area contributed by atoms with Gasteiger partial charge >= 0.3 is 0 Å². The average molecular weight is 284 g/mol. The zero-order chi connectivity index (χ0) is 11.3. The molecule has 0 spiro atoms. The van der Waals surface area contributed by atoms with Crippen LogP contribution in [0.15, 0.2) is 22.7 Å². The molecule has 84 valence electrons. The third kappa shape index (κ3) is 1.47. The molecule has 1 aromatic carbocycles. The van der Waals surface area contributed by atoms with Crippen molar-refractivity contribution < 1.29 is 9.18 Å². The summed E-state index contributed by atoms with van der Waals surface area (Å²) >= 11 is 3.07. The number of carbonyl (C=O) groups excluding carboxylic acids is 1. The Hall–Kier alpha value is -0.900. The molecule has 16 heavy (non-hydrogen) atoms. The van der Waals surface area contributed by atoms with Crippen LogP contribution in [0.1, 0.15) is 29.6 Å². The summed E-state index contributed by atoms with van der Waals surface area (Å²) in [7, 11) is 0.